The fourth-order valence-electron chi connectivity index (χ4n) is 4.17. The Labute approximate surface area is 127 Å². The minimum atomic E-state index is -0.238. The van der Waals surface area contributed by atoms with E-state index in [1.165, 1.54) is 12.8 Å². The van der Waals surface area contributed by atoms with Gasteiger partial charge in [0.25, 0.3) is 0 Å². The second-order valence-electron chi connectivity index (χ2n) is 6.99. The number of aliphatic hydroxyl groups excluding tert-OH is 1. The van der Waals surface area contributed by atoms with E-state index in [9.17, 15) is 9.90 Å². The second-order valence-corrected chi connectivity index (χ2v) is 6.99. The van der Waals surface area contributed by atoms with Crippen LogP contribution in [0.3, 0.4) is 0 Å². The van der Waals surface area contributed by atoms with Crippen molar-refractivity contribution in [3.05, 3.63) is 0 Å². The highest BCUT2D eigenvalue weighted by atomic mass is 16.3. The summed E-state index contributed by atoms with van der Waals surface area (Å²) in [6, 6.07) is 0.672. The first-order valence-corrected chi connectivity index (χ1v) is 8.60. The molecule has 3 heterocycles. The number of nitrogens with one attached hydrogen (secondary N) is 1. The Kier molecular flexibility index (Phi) is 4.82. The number of rotatable bonds is 2. The minimum Gasteiger partial charge on any atom is -0.393 e. The quantitative estimate of drug-likeness (QED) is 0.776. The van der Waals surface area contributed by atoms with Gasteiger partial charge in [0.15, 0.2) is 0 Å². The molecule has 0 saturated carbocycles. The van der Waals surface area contributed by atoms with Crippen LogP contribution in [0.15, 0.2) is 0 Å². The van der Waals surface area contributed by atoms with E-state index >= 15 is 0 Å². The molecule has 0 aromatic rings. The molecule has 2 N–H and O–H groups in total. The monoisotopic (exact) mass is 295 g/mol. The Morgan fingerprint density at radius 1 is 1.14 bits per heavy atom. The van der Waals surface area contributed by atoms with Crippen LogP contribution >= 0.6 is 0 Å². The molecule has 1 amide bonds. The van der Waals surface area contributed by atoms with E-state index in [-0.39, 0.29) is 18.1 Å². The molecule has 3 saturated heterocycles. The third kappa shape index (κ3) is 3.25. The van der Waals surface area contributed by atoms with Crippen LogP contribution in [-0.4, -0.2) is 71.7 Å². The van der Waals surface area contributed by atoms with E-state index in [1.54, 1.807) is 0 Å². The summed E-state index contributed by atoms with van der Waals surface area (Å²) < 4.78 is 0. The van der Waals surface area contributed by atoms with Crippen LogP contribution in [0.1, 0.15) is 39.0 Å². The van der Waals surface area contributed by atoms with Gasteiger partial charge in [-0.2, -0.15) is 0 Å². The number of hydrogen-bond acceptors (Lipinski definition) is 4. The lowest BCUT2D eigenvalue weighted by atomic mass is 9.95. The van der Waals surface area contributed by atoms with Crippen LogP contribution < -0.4 is 5.32 Å². The highest BCUT2D eigenvalue weighted by molar-refractivity contribution is 5.82. The van der Waals surface area contributed by atoms with Gasteiger partial charge in [-0.25, -0.2) is 0 Å². The summed E-state index contributed by atoms with van der Waals surface area (Å²) in [6.45, 7) is 6.72. The molecule has 5 heteroatoms. The van der Waals surface area contributed by atoms with Crippen molar-refractivity contribution in [2.75, 3.05) is 32.7 Å². The Balaban J connectivity index is 1.62. The van der Waals surface area contributed by atoms with Crippen molar-refractivity contribution in [1.29, 1.82) is 0 Å². The fraction of sp³-hybridized carbons (Fsp3) is 0.938. The van der Waals surface area contributed by atoms with Gasteiger partial charge >= 0.3 is 0 Å². The van der Waals surface area contributed by atoms with Crippen molar-refractivity contribution in [3.63, 3.8) is 0 Å². The lowest BCUT2D eigenvalue weighted by molar-refractivity contribution is -0.140. The van der Waals surface area contributed by atoms with E-state index in [0.717, 1.165) is 52.0 Å². The molecular weight excluding hydrogens is 266 g/mol. The first-order chi connectivity index (χ1) is 10.2. The number of aliphatic hydroxyl groups is 1. The van der Waals surface area contributed by atoms with E-state index < -0.39 is 0 Å². The van der Waals surface area contributed by atoms with Gasteiger partial charge in [0.1, 0.15) is 0 Å². The highest BCUT2D eigenvalue weighted by Gasteiger charge is 2.39. The maximum Gasteiger partial charge on any atom is 0.239 e. The molecule has 3 atom stereocenters. The summed E-state index contributed by atoms with van der Waals surface area (Å²) in [5.41, 5.74) is 0. The second kappa shape index (κ2) is 6.63. The molecule has 5 nitrogen and oxygen atoms in total. The summed E-state index contributed by atoms with van der Waals surface area (Å²) in [7, 11) is 0. The number of amides is 1. The number of carbonyl (C=O) groups excluding carboxylic acids is 1. The molecular formula is C16H29N3O2. The zero-order chi connectivity index (χ0) is 14.8. The maximum absolute atomic E-state index is 12.9. The Hall–Kier alpha value is -0.650. The van der Waals surface area contributed by atoms with Gasteiger partial charge in [-0.15, -0.1) is 0 Å². The summed E-state index contributed by atoms with van der Waals surface area (Å²) in [4.78, 5) is 17.4. The molecule has 120 valence electrons. The molecule has 3 aliphatic heterocycles. The Morgan fingerprint density at radius 3 is 2.62 bits per heavy atom. The molecule has 3 rings (SSSR count). The number of carbonyl (C=O) groups is 1. The molecule has 0 aliphatic carbocycles. The van der Waals surface area contributed by atoms with Crippen LogP contribution in [-0.2, 0) is 4.79 Å². The SMILES string of the molecule is CC1CN(C(=O)C2CCCN2C2CCNCC2)CCC1O. The van der Waals surface area contributed by atoms with Gasteiger partial charge in [0, 0.05) is 19.1 Å². The smallest absolute Gasteiger partial charge is 0.239 e. The first-order valence-electron chi connectivity index (χ1n) is 8.60. The lowest BCUT2D eigenvalue weighted by Crippen LogP contribution is -2.54. The first kappa shape index (κ1) is 15.3. The van der Waals surface area contributed by atoms with E-state index in [0.29, 0.717) is 11.9 Å². The van der Waals surface area contributed by atoms with Crippen molar-refractivity contribution >= 4 is 5.91 Å². The predicted molar refractivity (Wildman–Crippen MR) is 82.0 cm³/mol. The molecule has 3 aliphatic rings. The molecule has 3 unspecified atom stereocenters. The number of likely N-dealkylation sites (tertiary alicyclic amines) is 2. The Bertz CT molecular complexity index is 371. The topological polar surface area (TPSA) is 55.8 Å². The van der Waals surface area contributed by atoms with E-state index in [4.69, 9.17) is 0 Å². The summed E-state index contributed by atoms with van der Waals surface area (Å²) in [5, 5.41) is 13.2. The zero-order valence-corrected chi connectivity index (χ0v) is 13.1. The summed E-state index contributed by atoms with van der Waals surface area (Å²) >= 11 is 0. The molecule has 0 bridgehead atoms. The number of piperidine rings is 2. The summed E-state index contributed by atoms with van der Waals surface area (Å²) in [5.74, 6) is 0.515. The van der Waals surface area contributed by atoms with Crippen molar-refractivity contribution in [2.45, 2.75) is 57.2 Å². The Morgan fingerprint density at radius 2 is 1.90 bits per heavy atom. The number of nitrogens with zero attached hydrogens (tertiary/aromatic N) is 2. The standard InChI is InChI=1S/C16H29N3O2/c1-12-11-18(10-6-15(12)20)16(21)14-3-2-9-19(14)13-4-7-17-8-5-13/h12-15,17,20H,2-11H2,1H3. The maximum atomic E-state index is 12.9. The van der Waals surface area contributed by atoms with Gasteiger partial charge in [-0.3, -0.25) is 9.69 Å². The van der Waals surface area contributed by atoms with E-state index in [2.05, 4.69) is 10.2 Å². The predicted octanol–water partition coefficient (Wildman–Crippen LogP) is 0.432. The lowest BCUT2D eigenvalue weighted by Gasteiger charge is -2.40. The average Bonchev–Trinajstić information content (AvgIpc) is 2.99. The largest absolute Gasteiger partial charge is 0.393 e. The van der Waals surface area contributed by atoms with Crippen LogP contribution in [0.25, 0.3) is 0 Å². The third-order valence-electron chi connectivity index (χ3n) is 5.53. The molecule has 21 heavy (non-hydrogen) atoms. The molecule has 0 aromatic carbocycles. The van der Waals surface area contributed by atoms with Crippen molar-refractivity contribution in [3.8, 4) is 0 Å². The van der Waals surface area contributed by atoms with Gasteiger partial charge in [-0.1, -0.05) is 6.92 Å². The van der Waals surface area contributed by atoms with Gasteiger partial charge < -0.3 is 15.3 Å². The van der Waals surface area contributed by atoms with Crippen molar-refractivity contribution in [1.82, 2.24) is 15.1 Å². The van der Waals surface area contributed by atoms with Crippen LogP contribution in [0, 0.1) is 5.92 Å². The van der Waals surface area contributed by atoms with Gasteiger partial charge in [-0.05, 0) is 57.7 Å². The minimum absolute atomic E-state index is 0.0931. The van der Waals surface area contributed by atoms with Crippen LogP contribution in [0.5, 0.6) is 0 Å². The fourth-order valence-corrected chi connectivity index (χ4v) is 4.17. The molecule has 0 radical (unpaired) electrons. The molecule has 0 aromatic heterocycles. The molecule has 3 fully saturated rings. The van der Waals surface area contributed by atoms with Gasteiger partial charge in [0.05, 0.1) is 12.1 Å². The summed E-state index contributed by atoms with van der Waals surface area (Å²) in [6.07, 6.45) is 4.98. The highest BCUT2D eigenvalue weighted by Crippen LogP contribution is 2.27. The van der Waals surface area contributed by atoms with E-state index in [1.807, 2.05) is 11.8 Å². The van der Waals surface area contributed by atoms with Crippen molar-refractivity contribution < 1.29 is 9.90 Å². The average molecular weight is 295 g/mol. The van der Waals surface area contributed by atoms with Crippen LogP contribution in [0.4, 0.5) is 0 Å². The van der Waals surface area contributed by atoms with Crippen molar-refractivity contribution in [2.24, 2.45) is 5.92 Å². The van der Waals surface area contributed by atoms with Gasteiger partial charge in [0.2, 0.25) is 5.91 Å². The molecule has 0 spiro atoms. The zero-order valence-electron chi connectivity index (χ0n) is 13.1. The normalized spacial score (nSPS) is 36.1. The third-order valence-corrected chi connectivity index (χ3v) is 5.53. The number of hydrogen-bond donors (Lipinski definition) is 2. The van der Waals surface area contributed by atoms with Crippen LogP contribution in [0.2, 0.25) is 0 Å².